The fraction of sp³-hybridized carbons (Fsp3) is 0.190. The second kappa shape index (κ2) is 7.63. The fourth-order valence-electron chi connectivity index (χ4n) is 3.33. The summed E-state index contributed by atoms with van der Waals surface area (Å²) in [4.78, 5) is 28.8. The van der Waals surface area contributed by atoms with Crippen LogP contribution >= 0.6 is 11.8 Å². The molecule has 148 valence electrons. The number of imidazole rings is 1. The van der Waals surface area contributed by atoms with E-state index in [9.17, 15) is 9.59 Å². The third-order valence-electron chi connectivity index (χ3n) is 4.97. The van der Waals surface area contributed by atoms with Gasteiger partial charge in [0, 0.05) is 7.05 Å². The summed E-state index contributed by atoms with van der Waals surface area (Å²) in [7, 11) is 3.76. The molecule has 0 fully saturated rings. The zero-order valence-electron chi connectivity index (χ0n) is 16.5. The number of nitrogens with zero attached hydrogens (tertiary/aromatic N) is 3. The molecule has 2 heterocycles. The number of thioether (sulfide) groups is 1. The Morgan fingerprint density at radius 3 is 2.55 bits per heavy atom. The van der Waals surface area contributed by atoms with Crippen LogP contribution in [0.2, 0.25) is 0 Å². The Morgan fingerprint density at radius 2 is 1.83 bits per heavy atom. The number of para-hydroxylation sites is 3. The molecule has 29 heavy (non-hydrogen) atoms. The molecule has 0 unspecified atom stereocenters. The molecule has 0 saturated heterocycles. The van der Waals surface area contributed by atoms with Crippen LogP contribution in [0.5, 0.6) is 0 Å². The first-order chi connectivity index (χ1) is 14.0. The maximum Gasteiger partial charge on any atom is 0.317 e. The van der Waals surface area contributed by atoms with E-state index < -0.39 is 0 Å². The normalized spacial score (nSPS) is 11.1. The molecule has 2 N–H and O–H groups in total. The zero-order chi connectivity index (χ0) is 20.5. The van der Waals surface area contributed by atoms with Crippen molar-refractivity contribution in [1.82, 2.24) is 14.3 Å². The average Bonchev–Trinajstić information content (AvgIpc) is 3.16. The Balaban J connectivity index is 1.53. The molecule has 0 spiro atoms. The lowest BCUT2D eigenvalue weighted by molar-refractivity contribution is -0.683. The molecule has 0 aliphatic heterocycles. The number of H-pyrrole nitrogens is 1. The molecule has 0 atom stereocenters. The predicted octanol–water partition coefficient (Wildman–Crippen LogP) is 2.52. The minimum Gasteiger partial charge on any atom is -0.319 e. The van der Waals surface area contributed by atoms with E-state index in [1.807, 2.05) is 73.1 Å². The molecule has 2 aromatic heterocycles. The summed E-state index contributed by atoms with van der Waals surface area (Å²) in [5.74, 6) is -0.0283. The lowest BCUT2D eigenvalue weighted by atomic mass is 10.3. The molecule has 1 amide bonds. The predicted molar refractivity (Wildman–Crippen MR) is 115 cm³/mol. The summed E-state index contributed by atoms with van der Waals surface area (Å²) in [6.07, 6.45) is 0. The summed E-state index contributed by atoms with van der Waals surface area (Å²) in [6.45, 7) is 1.82. The fourth-order valence-corrected chi connectivity index (χ4v) is 4.15. The quantitative estimate of drug-likeness (QED) is 0.394. The second-order valence-electron chi connectivity index (χ2n) is 6.78. The highest BCUT2D eigenvalue weighted by Gasteiger charge is 2.20. The van der Waals surface area contributed by atoms with E-state index in [2.05, 4.69) is 10.3 Å². The van der Waals surface area contributed by atoms with Crippen LogP contribution in [0.4, 0.5) is 5.69 Å². The number of carbonyl (C=O) groups excluding carboxylic acids is 1. The summed E-state index contributed by atoms with van der Waals surface area (Å²) in [5, 5.41) is 3.68. The minimum absolute atomic E-state index is 0.194. The van der Waals surface area contributed by atoms with Crippen LogP contribution < -0.4 is 15.4 Å². The summed E-state index contributed by atoms with van der Waals surface area (Å²) >= 11 is 1.40. The summed E-state index contributed by atoms with van der Waals surface area (Å²) in [6, 6.07) is 17.3. The van der Waals surface area contributed by atoms with E-state index in [4.69, 9.17) is 0 Å². The van der Waals surface area contributed by atoms with Crippen molar-refractivity contribution in [2.45, 2.75) is 12.1 Å². The number of anilines is 1. The lowest BCUT2D eigenvalue weighted by Crippen LogP contribution is -2.29. The number of hydrogen-bond acceptors (Lipinski definition) is 3. The largest absolute Gasteiger partial charge is 0.319 e. The number of aryl methyl sites for hydroxylation is 1. The van der Waals surface area contributed by atoms with Crippen molar-refractivity contribution in [1.29, 1.82) is 0 Å². The lowest BCUT2D eigenvalue weighted by Gasteiger charge is -2.07. The van der Waals surface area contributed by atoms with Gasteiger partial charge in [0.25, 0.3) is 5.56 Å². The van der Waals surface area contributed by atoms with Crippen LogP contribution in [-0.4, -0.2) is 26.0 Å². The molecule has 4 rings (SSSR count). The molecule has 8 heteroatoms. The van der Waals surface area contributed by atoms with Crippen LogP contribution in [0, 0.1) is 6.92 Å². The molecule has 0 saturated carbocycles. The van der Waals surface area contributed by atoms with E-state index in [0.717, 1.165) is 21.9 Å². The van der Waals surface area contributed by atoms with Crippen molar-refractivity contribution in [3.05, 3.63) is 70.6 Å². The van der Waals surface area contributed by atoms with Gasteiger partial charge in [0.15, 0.2) is 11.0 Å². The molecule has 4 aromatic rings. The van der Waals surface area contributed by atoms with Crippen molar-refractivity contribution < 1.29 is 9.36 Å². The van der Waals surface area contributed by atoms with E-state index in [0.29, 0.717) is 11.4 Å². The van der Waals surface area contributed by atoms with E-state index in [-0.39, 0.29) is 17.2 Å². The highest BCUT2D eigenvalue weighted by atomic mass is 32.2. The van der Waals surface area contributed by atoms with Crippen molar-refractivity contribution in [2.75, 3.05) is 11.1 Å². The SMILES string of the molecule is Cc1c(NC(=O)CSc2[nH]c3ccccc3[n+]2C)c(=O)n(-c2ccccc2)n1C. The van der Waals surface area contributed by atoms with Crippen molar-refractivity contribution in [2.24, 2.45) is 14.1 Å². The maximum absolute atomic E-state index is 12.9. The van der Waals surface area contributed by atoms with Crippen LogP contribution in [0.3, 0.4) is 0 Å². The van der Waals surface area contributed by atoms with Gasteiger partial charge in [-0.05, 0) is 43.0 Å². The van der Waals surface area contributed by atoms with Gasteiger partial charge in [-0.25, -0.2) is 14.2 Å². The van der Waals surface area contributed by atoms with Gasteiger partial charge < -0.3 is 5.32 Å². The van der Waals surface area contributed by atoms with E-state index >= 15 is 0 Å². The van der Waals surface area contributed by atoms with Gasteiger partial charge >= 0.3 is 5.16 Å². The highest BCUT2D eigenvalue weighted by molar-refractivity contribution is 7.99. The Labute approximate surface area is 172 Å². The number of benzene rings is 2. The number of hydrogen-bond donors (Lipinski definition) is 2. The van der Waals surface area contributed by atoms with Gasteiger partial charge in [0.1, 0.15) is 5.69 Å². The monoisotopic (exact) mass is 408 g/mol. The molecular formula is C21H22N5O2S+. The number of aromatic nitrogens is 4. The van der Waals surface area contributed by atoms with E-state index in [1.54, 1.807) is 16.4 Å². The Bertz CT molecular complexity index is 1250. The van der Waals surface area contributed by atoms with Crippen LogP contribution in [0.1, 0.15) is 5.69 Å². The number of fused-ring (bicyclic) bond motifs is 1. The van der Waals surface area contributed by atoms with Gasteiger partial charge in [0.05, 0.1) is 24.2 Å². The van der Waals surface area contributed by atoms with Gasteiger partial charge in [-0.15, -0.1) is 0 Å². The van der Waals surface area contributed by atoms with Gasteiger partial charge in [-0.1, -0.05) is 30.3 Å². The minimum atomic E-state index is -0.245. The first-order valence-corrected chi connectivity index (χ1v) is 10.2. The van der Waals surface area contributed by atoms with Crippen LogP contribution in [0.25, 0.3) is 16.7 Å². The molecule has 0 aliphatic rings. The Kier molecular flexibility index (Phi) is 5.02. The summed E-state index contributed by atoms with van der Waals surface area (Å²) in [5.41, 5.74) is 3.60. The number of nitrogens with one attached hydrogen (secondary N) is 2. The van der Waals surface area contributed by atoms with Crippen molar-refractivity contribution >= 4 is 34.4 Å². The number of carbonyl (C=O) groups is 1. The molecular weight excluding hydrogens is 386 g/mol. The Hall–Kier alpha value is -3.26. The van der Waals surface area contributed by atoms with E-state index in [1.165, 1.54) is 11.8 Å². The smallest absolute Gasteiger partial charge is 0.317 e. The zero-order valence-corrected chi connectivity index (χ0v) is 17.3. The van der Waals surface area contributed by atoms with Crippen molar-refractivity contribution in [3.8, 4) is 5.69 Å². The van der Waals surface area contributed by atoms with Crippen LogP contribution in [0.15, 0.2) is 64.5 Å². The summed E-state index contributed by atoms with van der Waals surface area (Å²) < 4.78 is 5.32. The number of aromatic amines is 1. The highest BCUT2D eigenvalue weighted by Crippen LogP contribution is 2.18. The van der Waals surface area contributed by atoms with Gasteiger partial charge in [-0.2, -0.15) is 0 Å². The third-order valence-corrected chi connectivity index (χ3v) is 6.03. The van der Waals surface area contributed by atoms with Crippen LogP contribution in [-0.2, 0) is 18.9 Å². The first kappa shape index (κ1) is 19.1. The maximum atomic E-state index is 12.9. The molecule has 0 aliphatic carbocycles. The Morgan fingerprint density at radius 1 is 1.14 bits per heavy atom. The number of amides is 1. The molecule has 0 radical (unpaired) electrons. The topological polar surface area (TPSA) is 75.7 Å². The third kappa shape index (κ3) is 3.47. The standard InChI is InChI=1S/C21H21N5O2S/c1-14-19(20(28)26(25(14)3)15-9-5-4-6-10-15)23-18(27)13-29-21-22-16-11-7-8-12-17(16)24(21)2/h4-12H,13H2,1-3H3,(H,23,27)/p+1. The molecule has 2 aromatic carbocycles. The van der Waals surface area contributed by atoms with Gasteiger partial charge in [0.2, 0.25) is 5.91 Å². The number of rotatable bonds is 5. The van der Waals surface area contributed by atoms with Gasteiger partial charge in [-0.3, -0.25) is 14.3 Å². The molecule has 7 nitrogen and oxygen atoms in total. The molecule has 0 bridgehead atoms. The van der Waals surface area contributed by atoms with Crippen molar-refractivity contribution in [3.63, 3.8) is 0 Å². The second-order valence-corrected chi connectivity index (χ2v) is 7.74. The average molecular weight is 409 g/mol. The first-order valence-electron chi connectivity index (χ1n) is 9.21.